The van der Waals surface area contributed by atoms with Crippen molar-refractivity contribution in [3.8, 4) is 0 Å². The maximum Gasteiger partial charge on any atom is 0.410 e. The van der Waals surface area contributed by atoms with Gasteiger partial charge in [-0.2, -0.15) is 0 Å². The van der Waals surface area contributed by atoms with Gasteiger partial charge in [-0.3, -0.25) is 4.79 Å². The summed E-state index contributed by atoms with van der Waals surface area (Å²) in [5.74, 6) is -0.0813. The molecule has 0 radical (unpaired) electrons. The van der Waals surface area contributed by atoms with E-state index < -0.39 is 0 Å². The number of carbonyl (C=O) groups is 3. The van der Waals surface area contributed by atoms with Gasteiger partial charge in [-0.25, -0.2) is 9.59 Å². The summed E-state index contributed by atoms with van der Waals surface area (Å²) in [5.41, 5.74) is 2.26. The molecule has 0 saturated carbocycles. The zero-order valence-electron chi connectivity index (χ0n) is 17.3. The average Bonchev–Trinajstić information content (AvgIpc) is 3.19. The fourth-order valence-electron chi connectivity index (χ4n) is 3.82. The van der Waals surface area contributed by atoms with Gasteiger partial charge in [0.2, 0.25) is 0 Å². The third kappa shape index (κ3) is 5.33. The van der Waals surface area contributed by atoms with Gasteiger partial charge in [0.15, 0.2) is 0 Å². The summed E-state index contributed by atoms with van der Waals surface area (Å²) in [7, 11) is 0. The number of rotatable bonds is 5. The van der Waals surface area contributed by atoms with Crippen molar-refractivity contribution in [1.82, 2.24) is 15.1 Å². The number of hydrogen-bond acceptors (Lipinski definition) is 4. The highest BCUT2D eigenvalue weighted by Gasteiger charge is 2.25. The van der Waals surface area contributed by atoms with Gasteiger partial charge in [0.1, 0.15) is 6.61 Å². The smallest absolute Gasteiger partial charge is 0.410 e. The number of piperidine rings is 1. The second-order valence-electron chi connectivity index (χ2n) is 7.77. The Kier molecular flexibility index (Phi) is 6.35. The molecule has 2 aromatic carbocycles. The van der Waals surface area contributed by atoms with Gasteiger partial charge >= 0.3 is 12.1 Å². The van der Waals surface area contributed by atoms with Crippen molar-refractivity contribution in [3.63, 3.8) is 0 Å². The molecule has 4 amide bonds. The summed E-state index contributed by atoms with van der Waals surface area (Å²) in [4.78, 5) is 40.0. The number of nitrogens with zero attached hydrogens (tertiary/aromatic N) is 2. The highest BCUT2D eigenvalue weighted by Crippen LogP contribution is 2.17. The minimum atomic E-state index is -0.309. The van der Waals surface area contributed by atoms with E-state index in [0.29, 0.717) is 56.9 Å². The molecule has 0 unspecified atom stereocenters. The number of carbonyl (C=O) groups excluding carboxylic acids is 3. The molecule has 2 aromatic rings. The number of anilines is 1. The molecule has 4 rings (SSSR count). The van der Waals surface area contributed by atoms with E-state index in [1.165, 1.54) is 0 Å². The molecule has 0 aliphatic carbocycles. The lowest BCUT2D eigenvalue weighted by Crippen LogP contribution is -2.47. The number of benzene rings is 2. The van der Waals surface area contributed by atoms with Crippen LogP contribution in [0, 0.1) is 0 Å². The number of amides is 4. The van der Waals surface area contributed by atoms with E-state index in [2.05, 4.69) is 10.6 Å². The van der Waals surface area contributed by atoms with Crippen molar-refractivity contribution in [2.24, 2.45) is 0 Å². The number of cyclic esters (lactones) is 1. The third-order valence-electron chi connectivity index (χ3n) is 5.55. The van der Waals surface area contributed by atoms with Gasteiger partial charge in [-0.15, -0.1) is 0 Å². The van der Waals surface area contributed by atoms with E-state index in [0.717, 1.165) is 5.56 Å². The van der Waals surface area contributed by atoms with Crippen molar-refractivity contribution in [2.75, 3.05) is 31.6 Å². The summed E-state index contributed by atoms with van der Waals surface area (Å²) < 4.78 is 4.95. The van der Waals surface area contributed by atoms with Crippen LogP contribution >= 0.6 is 0 Å². The third-order valence-corrected chi connectivity index (χ3v) is 5.55. The summed E-state index contributed by atoms with van der Waals surface area (Å²) in [6.07, 6.45) is 1.11. The van der Waals surface area contributed by atoms with Crippen molar-refractivity contribution in [2.45, 2.75) is 25.4 Å². The van der Waals surface area contributed by atoms with Crippen LogP contribution in [0.4, 0.5) is 15.3 Å². The molecule has 0 bridgehead atoms. The normalized spacial score (nSPS) is 16.7. The first kappa shape index (κ1) is 20.7. The monoisotopic (exact) mass is 422 g/mol. The Bertz CT molecular complexity index is 942. The van der Waals surface area contributed by atoms with E-state index in [1.54, 1.807) is 21.9 Å². The molecule has 2 N–H and O–H groups in total. The first-order valence-corrected chi connectivity index (χ1v) is 10.5. The van der Waals surface area contributed by atoms with Gasteiger partial charge in [0.25, 0.3) is 5.91 Å². The van der Waals surface area contributed by atoms with Crippen LogP contribution in [0.5, 0.6) is 0 Å². The largest absolute Gasteiger partial charge is 0.448 e. The van der Waals surface area contributed by atoms with E-state index in [4.69, 9.17) is 4.74 Å². The molecule has 2 heterocycles. The fourth-order valence-corrected chi connectivity index (χ4v) is 3.82. The molecule has 2 aliphatic rings. The zero-order chi connectivity index (χ0) is 21.6. The molecular formula is C23H26N4O4. The Balaban J connectivity index is 1.26. The molecule has 8 nitrogen and oxygen atoms in total. The maximum absolute atomic E-state index is 12.7. The van der Waals surface area contributed by atoms with E-state index in [-0.39, 0.29) is 24.1 Å². The van der Waals surface area contributed by atoms with Crippen molar-refractivity contribution in [3.05, 3.63) is 65.7 Å². The second kappa shape index (κ2) is 9.51. The van der Waals surface area contributed by atoms with E-state index in [1.807, 2.05) is 42.5 Å². The van der Waals surface area contributed by atoms with E-state index in [9.17, 15) is 14.4 Å². The van der Waals surface area contributed by atoms with Crippen LogP contribution in [0.15, 0.2) is 54.6 Å². The minimum Gasteiger partial charge on any atom is -0.448 e. The Morgan fingerprint density at radius 3 is 2.48 bits per heavy atom. The lowest BCUT2D eigenvalue weighted by atomic mass is 10.0. The quantitative estimate of drug-likeness (QED) is 0.775. The van der Waals surface area contributed by atoms with Gasteiger partial charge in [0, 0.05) is 36.9 Å². The number of likely N-dealkylation sites (tertiary alicyclic amines) is 1. The molecular weight excluding hydrogens is 396 g/mol. The number of ether oxygens (including phenoxy) is 1. The van der Waals surface area contributed by atoms with Crippen LogP contribution in [-0.4, -0.2) is 60.1 Å². The molecule has 2 saturated heterocycles. The Morgan fingerprint density at radius 2 is 1.77 bits per heavy atom. The maximum atomic E-state index is 12.7. The van der Waals surface area contributed by atoms with Crippen molar-refractivity contribution >= 4 is 23.7 Å². The molecule has 0 spiro atoms. The number of nitrogens with one attached hydrogen (secondary N) is 2. The average molecular weight is 422 g/mol. The minimum absolute atomic E-state index is 0.0558. The van der Waals surface area contributed by atoms with Gasteiger partial charge < -0.3 is 25.2 Å². The topological polar surface area (TPSA) is 91.0 Å². The molecule has 2 aliphatic heterocycles. The highest BCUT2D eigenvalue weighted by atomic mass is 16.6. The molecule has 162 valence electrons. The Morgan fingerprint density at radius 1 is 1.00 bits per heavy atom. The number of urea groups is 1. The van der Waals surface area contributed by atoms with E-state index >= 15 is 0 Å². The van der Waals surface area contributed by atoms with Crippen LogP contribution in [0.1, 0.15) is 28.8 Å². The van der Waals surface area contributed by atoms with Crippen molar-refractivity contribution in [1.29, 1.82) is 0 Å². The van der Waals surface area contributed by atoms with Crippen molar-refractivity contribution < 1.29 is 19.1 Å². The summed E-state index contributed by atoms with van der Waals surface area (Å²) in [6, 6.07) is 16.5. The first-order chi connectivity index (χ1) is 15.1. The predicted molar refractivity (Wildman–Crippen MR) is 116 cm³/mol. The summed E-state index contributed by atoms with van der Waals surface area (Å²) in [5, 5.41) is 5.98. The Labute approximate surface area is 181 Å². The Hall–Kier alpha value is -3.55. The second-order valence-corrected chi connectivity index (χ2v) is 7.77. The lowest BCUT2D eigenvalue weighted by Gasteiger charge is -2.32. The molecule has 0 atom stereocenters. The van der Waals surface area contributed by atoms with Crippen LogP contribution in [0.25, 0.3) is 0 Å². The van der Waals surface area contributed by atoms with Crippen LogP contribution in [-0.2, 0) is 11.3 Å². The van der Waals surface area contributed by atoms with Gasteiger partial charge in [-0.05, 0) is 42.7 Å². The zero-order valence-corrected chi connectivity index (χ0v) is 17.3. The van der Waals surface area contributed by atoms with Crippen LogP contribution in [0.2, 0.25) is 0 Å². The standard InChI is InChI=1S/C23H26N4O4/c28-21(18-6-2-1-3-7-18)24-19-9-11-26(12-10-19)22(29)25-20-8-4-5-17(15-20)16-27-13-14-31-23(27)30/h1-8,15,19H,9-14,16H2,(H,24,28)(H,25,29). The highest BCUT2D eigenvalue weighted by molar-refractivity contribution is 5.94. The molecule has 2 fully saturated rings. The number of hydrogen-bond donors (Lipinski definition) is 2. The van der Waals surface area contributed by atoms with Crippen LogP contribution < -0.4 is 10.6 Å². The predicted octanol–water partition coefficient (Wildman–Crippen LogP) is 3.07. The van der Waals surface area contributed by atoms with Gasteiger partial charge in [-0.1, -0.05) is 30.3 Å². The van der Waals surface area contributed by atoms with Crippen LogP contribution in [0.3, 0.4) is 0 Å². The fraction of sp³-hybridized carbons (Fsp3) is 0.348. The lowest BCUT2D eigenvalue weighted by molar-refractivity contribution is 0.0919. The summed E-state index contributed by atoms with van der Waals surface area (Å²) >= 11 is 0. The van der Waals surface area contributed by atoms with Gasteiger partial charge in [0.05, 0.1) is 6.54 Å². The molecule has 0 aromatic heterocycles. The SMILES string of the molecule is O=C(NC1CCN(C(=O)Nc2cccc(CN3CCOC3=O)c2)CC1)c1ccccc1. The molecule has 8 heteroatoms. The molecule has 31 heavy (non-hydrogen) atoms. The first-order valence-electron chi connectivity index (χ1n) is 10.5. The summed E-state index contributed by atoms with van der Waals surface area (Å²) in [6.45, 7) is 2.59.